The Labute approximate surface area is 118 Å². The van der Waals surface area contributed by atoms with Crippen LogP contribution < -0.4 is 5.32 Å². The molecule has 0 aliphatic heterocycles. The van der Waals surface area contributed by atoms with Gasteiger partial charge in [-0.25, -0.2) is 0 Å². The van der Waals surface area contributed by atoms with Gasteiger partial charge in [-0.3, -0.25) is 0 Å². The molecule has 96 valence electrons. The van der Waals surface area contributed by atoms with Gasteiger partial charge in [-0.1, -0.05) is 41.4 Å². The van der Waals surface area contributed by atoms with Gasteiger partial charge < -0.3 is 5.32 Å². The zero-order chi connectivity index (χ0) is 13.1. The summed E-state index contributed by atoms with van der Waals surface area (Å²) < 4.78 is 0.849. The molecule has 0 fully saturated rings. The third-order valence-corrected chi connectivity index (χ3v) is 4.27. The molecule has 0 aliphatic rings. The van der Waals surface area contributed by atoms with Gasteiger partial charge in [0.05, 0.1) is 4.34 Å². The van der Waals surface area contributed by atoms with E-state index < -0.39 is 0 Å². The quantitative estimate of drug-likeness (QED) is 0.819. The van der Waals surface area contributed by atoms with Gasteiger partial charge in [0.25, 0.3) is 0 Å². The molecule has 3 heteroatoms. The highest BCUT2D eigenvalue weighted by Gasteiger charge is 2.12. The molecule has 0 saturated carbocycles. The summed E-state index contributed by atoms with van der Waals surface area (Å²) in [6.45, 7) is 6.47. The second-order valence-electron chi connectivity index (χ2n) is 4.70. The van der Waals surface area contributed by atoms with E-state index in [0.29, 0.717) is 12.1 Å². The van der Waals surface area contributed by atoms with Crippen molar-refractivity contribution in [3.05, 3.63) is 56.7 Å². The number of halogens is 1. The van der Waals surface area contributed by atoms with Crippen LogP contribution >= 0.6 is 22.9 Å². The first kappa shape index (κ1) is 13.6. The minimum absolute atomic E-state index is 0.310. The van der Waals surface area contributed by atoms with Crippen LogP contribution in [0.15, 0.2) is 35.7 Å². The smallest absolute Gasteiger partial charge is 0.0931 e. The van der Waals surface area contributed by atoms with E-state index in [2.05, 4.69) is 55.7 Å². The number of nitrogens with one attached hydrogen (secondary N) is 1. The van der Waals surface area contributed by atoms with Crippen LogP contribution in [0.3, 0.4) is 0 Å². The van der Waals surface area contributed by atoms with Crippen molar-refractivity contribution in [2.75, 3.05) is 0 Å². The molecular weight excluding hydrogens is 262 g/mol. The van der Waals surface area contributed by atoms with Gasteiger partial charge in [0.1, 0.15) is 0 Å². The van der Waals surface area contributed by atoms with E-state index in [1.807, 2.05) is 6.07 Å². The zero-order valence-electron chi connectivity index (χ0n) is 10.9. The fraction of sp³-hybridized carbons (Fsp3) is 0.333. The Bertz CT molecular complexity index is 503. The van der Waals surface area contributed by atoms with Crippen LogP contribution in [-0.4, -0.2) is 0 Å². The first-order chi connectivity index (χ1) is 8.56. The largest absolute Gasteiger partial charge is 0.304 e. The molecule has 1 unspecified atom stereocenters. The molecule has 1 N–H and O–H groups in total. The maximum absolute atomic E-state index is 5.97. The molecule has 0 radical (unpaired) electrons. The maximum Gasteiger partial charge on any atom is 0.0931 e. The highest BCUT2D eigenvalue weighted by Crippen LogP contribution is 2.26. The zero-order valence-corrected chi connectivity index (χ0v) is 12.5. The van der Waals surface area contributed by atoms with Crippen molar-refractivity contribution in [1.29, 1.82) is 0 Å². The summed E-state index contributed by atoms with van der Waals surface area (Å²) in [6.07, 6.45) is 0. The van der Waals surface area contributed by atoms with Crippen LogP contribution in [-0.2, 0) is 0 Å². The number of hydrogen-bond donors (Lipinski definition) is 1. The van der Waals surface area contributed by atoms with Crippen molar-refractivity contribution in [3.63, 3.8) is 0 Å². The van der Waals surface area contributed by atoms with Crippen LogP contribution in [0.2, 0.25) is 4.34 Å². The average molecular weight is 280 g/mol. The lowest BCUT2D eigenvalue weighted by Crippen LogP contribution is -2.22. The normalized spacial score (nSPS) is 14.4. The van der Waals surface area contributed by atoms with Gasteiger partial charge in [0.15, 0.2) is 0 Å². The van der Waals surface area contributed by atoms with E-state index in [9.17, 15) is 0 Å². The molecule has 2 aromatic rings. The summed E-state index contributed by atoms with van der Waals surface area (Å²) in [6, 6.07) is 11.3. The summed E-state index contributed by atoms with van der Waals surface area (Å²) in [7, 11) is 0. The van der Waals surface area contributed by atoms with Gasteiger partial charge >= 0.3 is 0 Å². The van der Waals surface area contributed by atoms with E-state index in [4.69, 9.17) is 11.6 Å². The lowest BCUT2D eigenvalue weighted by molar-refractivity contribution is 0.495. The van der Waals surface area contributed by atoms with E-state index in [1.54, 1.807) is 11.3 Å². The minimum atomic E-state index is 0.310. The number of rotatable bonds is 4. The molecule has 1 aromatic carbocycles. The molecule has 1 heterocycles. The Kier molecular flexibility index (Phi) is 4.44. The number of hydrogen-bond acceptors (Lipinski definition) is 2. The molecule has 1 nitrogen and oxygen atoms in total. The molecule has 2 atom stereocenters. The van der Waals surface area contributed by atoms with E-state index in [-0.39, 0.29) is 0 Å². The van der Waals surface area contributed by atoms with Crippen LogP contribution in [0.4, 0.5) is 0 Å². The lowest BCUT2D eigenvalue weighted by atomic mass is 10.0. The van der Waals surface area contributed by atoms with Crippen LogP contribution in [0.5, 0.6) is 0 Å². The van der Waals surface area contributed by atoms with Crippen LogP contribution in [0.1, 0.15) is 42.6 Å². The van der Waals surface area contributed by atoms with Crippen molar-refractivity contribution < 1.29 is 0 Å². The van der Waals surface area contributed by atoms with E-state index >= 15 is 0 Å². The fourth-order valence-electron chi connectivity index (χ4n) is 1.97. The van der Waals surface area contributed by atoms with Crippen LogP contribution in [0.25, 0.3) is 0 Å². The Morgan fingerprint density at radius 1 is 1.06 bits per heavy atom. The average Bonchev–Trinajstić information content (AvgIpc) is 2.76. The molecule has 2 rings (SSSR count). The van der Waals surface area contributed by atoms with Crippen molar-refractivity contribution in [2.24, 2.45) is 0 Å². The molecule has 0 bridgehead atoms. The van der Waals surface area contributed by atoms with Gasteiger partial charge in [0.2, 0.25) is 0 Å². The van der Waals surface area contributed by atoms with Crippen LogP contribution in [0, 0.1) is 6.92 Å². The summed E-state index contributed by atoms with van der Waals surface area (Å²) in [4.78, 5) is 0. The SMILES string of the molecule is Cc1ccc([C@@H](C)NC(C)c2csc(Cl)c2)cc1. The van der Waals surface area contributed by atoms with Crippen molar-refractivity contribution >= 4 is 22.9 Å². The highest BCUT2D eigenvalue weighted by molar-refractivity contribution is 7.14. The highest BCUT2D eigenvalue weighted by atomic mass is 35.5. The Morgan fingerprint density at radius 3 is 2.22 bits per heavy atom. The monoisotopic (exact) mass is 279 g/mol. The van der Waals surface area contributed by atoms with Gasteiger partial charge in [0, 0.05) is 12.1 Å². The van der Waals surface area contributed by atoms with Crippen molar-refractivity contribution in [3.8, 4) is 0 Å². The van der Waals surface area contributed by atoms with Gasteiger partial charge in [-0.05, 0) is 43.3 Å². The van der Waals surface area contributed by atoms with Crippen molar-refractivity contribution in [2.45, 2.75) is 32.9 Å². The molecule has 0 saturated heterocycles. The lowest BCUT2D eigenvalue weighted by Gasteiger charge is -2.20. The minimum Gasteiger partial charge on any atom is -0.304 e. The maximum atomic E-state index is 5.97. The summed E-state index contributed by atoms with van der Waals surface area (Å²) >= 11 is 7.55. The molecule has 18 heavy (non-hydrogen) atoms. The summed E-state index contributed by atoms with van der Waals surface area (Å²) in [5.74, 6) is 0. The molecule has 0 amide bonds. The Hall–Kier alpha value is -0.830. The second kappa shape index (κ2) is 5.87. The van der Waals surface area contributed by atoms with Gasteiger partial charge in [-0.15, -0.1) is 11.3 Å². The third-order valence-electron chi connectivity index (χ3n) is 3.17. The number of thiophene rings is 1. The predicted octanol–water partition coefficient (Wildman–Crippen LogP) is 5.12. The molecule has 0 aliphatic carbocycles. The fourth-order valence-corrected chi connectivity index (χ4v) is 2.96. The molecule has 1 aromatic heterocycles. The first-order valence-corrected chi connectivity index (χ1v) is 7.38. The van der Waals surface area contributed by atoms with Crippen molar-refractivity contribution in [1.82, 2.24) is 5.32 Å². The van der Waals surface area contributed by atoms with E-state index in [0.717, 1.165) is 4.34 Å². The van der Waals surface area contributed by atoms with Gasteiger partial charge in [-0.2, -0.15) is 0 Å². The predicted molar refractivity (Wildman–Crippen MR) is 80.5 cm³/mol. The Balaban J connectivity index is 2.02. The molecule has 0 spiro atoms. The number of aryl methyl sites for hydroxylation is 1. The second-order valence-corrected chi connectivity index (χ2v) is 6.25. The Morgan fingerprint density at radius 2 is 1.67 bits per heavy atom. The molecular formula is C15H18ClNS. The first-order valence-electron chi connectivity index (χ1n) is 6.13. The summed E-state index contributed by atoms with van der Waals surface area (Å²) in [5.41, 5.74) is 3.86. The number of benzene rings is 1. The standard InChI is InChI=1S/C15H18ClNS/c1-10-4-6-13(7-5-10)11(2)17-12(3)14-8-15(16)18-9-14/h4-9,11-12,17H,1-3H3/t11-,12?/m1/s1. The topological polar surface area (TPSA) is 12.0 Å². The third kappa shape index (κ3) is 3.35. The van der Waals surface area contributed by atoms with E-state index in [1.165, 1.54) is 16.7 Å². The summed E-state index contributed by atoms with van der Waals surface area (Å²) in [5, 5.41) is 5.71.